The lowest BCUT2D eigenvalue weighted by Crippen LogP contribution is -2.25. The summed E-state index contributed by atoms with van der Waals surface area (Å²) in [4.78, 5) is 7.24. The fraction of sp³-hybridized carbons (Fsp3) is 0.700. The Morgan fingerprint density at radius 2 is 2.15 bits per heavy atom. The summed E-state index contributed by atoms with van der Waals surface area (Å²) in [7, 11) is 0. The number of aromatic nitrogens is 2. The number of rotatable bonds is 2. The van der Waals surface area contributed by atoms with Crippen LogP contribution in [0.15, 0.2) is 12.4 Å². The molecule has 2 N–H and O–H groups in total. The topological polar surface area (TPSA) is 40.7 Å². The van der Waals surface area contributed by atoms with Crippen LogP contribution >= 0.6 is 0 Å². The highest BCUT2D eigenvalue weighted by atomic mass is 15.1. The first-order valence-electron chi connectivity index (χ1n) is 5.10. The minimum Gasteiger partial charge on any atom is -0.353 e. The lowest BCUT2D eigenvalue weighted by atomic mass is 9.87. The molecule has 1 fully saturated rings. The fourth-order valence-corrected chi connectivity index (χ4v) is 1.94. The number of hydrogen-bond acceptors (Lipinski definition) is 2. The van der Waals surface area contributed by atoms with Gasteiger partial charge in [0.25, 0.3) is 0 Å². The van der Waals surface area contributed by atoms with Gasteiger partial charge in [-0.15, -0.1) is 0 Å². The number of nitrogens with zero attached hydrogens (tertiary/aromatic N) is 1. The lowest BCUT2D eigenvalue weighted by Gasteiger charge is -2.26. The Kier molecular flexibility index (Phi) is 2.52. The molecule has 1 saturated carbocycles. The second-order valence-electron chi connectivity index (χ2n) is 4.04. The molecule has 0 spiro atoms. The molecule has 0 unspecified atom stereocenters. The molecule has 72 valence electrons. The van der Waals surface area contributed by atoms with Crippen LogP contribution in [0, 0.1) is 5.92 Å². The Balaban J connectivity index is 1.83. The van der Waals surface area contributed by atoms with Gasteiger partial charge in [0.15, 0.2) is 5.95 Å². The van der Waals surface area contributed by atoms with Gasteiger partial charge >= 0.3 is 0 Å². The van der Waals surface area contributed by atoms with Gasteiger partial charge < -0.3 is 10.3 Å². The number of nitrogens with one attached hydrogen (secondary N) is 2. The van der Waals surface area contributed by atoms with Gasteiger partial charge in [-0.25, -0.2) is 4.98 Å². The van der Waals surface area contributed by atoms with Crippen LogP contribution < -0.4 is 5.32 Å². The maximum absolute atomic E-state index is 4.16. The summed E-state index contributed by atoms with van der Waals surface area (Å²) >= 11 is 0. The van der Waals surface area contributed by atoms with Gasteiger partial charge in [0.05, 0.1) is 0 Å². The van der Waals surface area contributed by atoms with E-state index in [4.69, 9.17) is 0 Å². The predicted molar refractivity (Wildman–Crippen MR) is 53.6 cm³/mol. The zero-order chi connectivity index (χ0) is 9.10. The molecule has 0 radical (unpaired) electrons. The molecule has 0 saturated heterocycles. The first-order valence-corrected chi connectivity index (χ1v) is 5.10. The van der Waals surface area contributed by atoms with E-state index in [9.17, 15) is 0 Å². The van der Waals surface area contributed by atoms with Crippen molar-refractivity contribution in [2.24, 2.45) is 5.92 Å². The van der Waals surface area contributed by atoms with Crippen molar-refractivity contribution in [1.29, 1.82) is 0 Å². The van der Waals surface area contributed by atoms with Crippen LogP contribution in [0.1, 0.15) is 32.6 Å². The van der Waals surface area contributed by atoms with E-state index in [1.807, 2.05) is 6.20 Å². The maximum Gasteiger partial charge on any atom is 0.200 e. The third-order valence-corrected chi connectivity index (χ3v) is 2.85. The number of imidazole rings is 1. The highest BCUT2D eigenvalue weighted by Crippen LogP contribution is 2.24. The van der Waals surface area contributed by atoms with Crippen LogP contribution in [0.25, 0.3) is 0 Å². The average molecular weight is 179 g/mol. The third kappa shape index (κ3) is 2.23. The lowest BCUT2D eigenvalue weighted by molar-refractivity contribution is 0.360. The van der Waals surface area contributed by atoms with Crippen molar-refractivity contribution in [2.45, 2.75) is 38.6 Å². The van der Waals surface area contributed by atoms with Gasteiger partial charge in [0, 0.05) is 18.4 Å². The highest BCUT2D eigenvalue weighted by Gasteiger charge is 2.18. The van der Waals surface area contributed by atoms with Crippen LogP contribution in [0.3, 0.4) is 0 Å². The number of anilines is 1. The van der Waals surface area contributed by atoms with Crippen LogP contribution in [-0.4, -0.2) is 16.0 Å². The van der Waals surface area contributed by atoms with E-state index in [0.29, 0.717) is 6.04 Å². The maximum atomic E-state index is 4.16. The standard InChI is InChI=1S/C10H17N3/c1-8-2-4-9(5-3-8)13-10-11-6-7-12-10/h6-9H,2-5H2,1H3,(H2,11,12,13). The molecule has 1 aliphatic rings. The van der Waals surface area contributed by atoms with Crippen LogP contribution in [0.4, 0.5) is 5.95 Å². The Hall–Kier alpha value is -0.990. The quantitative estimate of drug-likeness (QED) is 0.732. The molecule has 1 heterocycles. The Morgan fingerprint density at radius 3 is 2.77 bits per heavy atom. The van der Waals surface area contributed by atoms with Gasteiger partial charge in [-0.2, -0.15) is 0 Å². The summed E-state index contributed by atoms with van der Waals surface area (Å²) < 4.78 is 0. The van der Waals surface area contributed by atoms with Gasteiger partial charge in [0.1, 0.15) is 0 Å². The second kappa shape index (κ2) is 3.81. The summed E-state index contributed by atoms with van der Waals surface area (Å²) in [6, 6.07) is 0.627. The molecule has 3 nitrogen and oxygen atoms in total. The van der Waals surface area contributed by atoms with Crippen molar-refractivity contribution >= 4 is 5.95 Å². The molecule has 13 heavy (non-hydrogen) atoms. The normalized spacial score (nSPS) is 28.7. The zero-order valence-corrected chi connectivity index (χ0v) is 8.09. The van der Waals surface area contributed by atoms with E-state index < -0.39 is 0 Å². The SMILES string of the molecule is CC1CCC(Nc2ncc[nH]2)CC1. The molecule has 0 bridgehead atoms. The average Bonchev–Trinajstić information content (AvgIpc) is 2.62. The Morgan fingerprint density at radius 1 is 1.38 bits per heavy atom. The highest BCUT2D eigenvalue weighted by molar-refractivity contribution is 5.24. The van der Waals surface area contributed by atoms with E-state index in [1.165, 1.54) is 25.7 Å². The summed E-state index contributed by atoms with van der Waals surface area (Å²) in [5.74, 6) is 1.83. The van der Waals surface area contributed by atoms with Gasteiger partial charge in [0.2, 0.25) is 0 Å². The summed E-state index contributed by atoms with van der Waals surface area (Å²) in [5.41, 5.74) is 0. The van der Waals surface area contributed by atoms with Crippen LogP contribution in [0.5, 0.6) is 0 Å². The van der Waals surface area contributed by atoms with E-state index in [0.717, 1.165) is 11.9 Å². The molecule has 0 atom stereocenters. The Labute approximate surface area is 79.0 Å². The monoisotopic (exact) mass is 179 g/mol. The van der Waals surface area contributed by atoms with Crippen molar-refractivity contribution < 1.29 is 0 Å². The van der Waals surface area contributed by atoms with E-state index in [2.05, 4.69) is 22.2 Å². The first-order chi connectivity index (χ1) is 6.34. The van der Waals surface area contributed by atoms with E-state index in [1.54, 1.807) is 6.20 Å². The summed E-state index contributed by atoms with van der Waals surface area (Å²) in [6.07, 6.45) is 8.89. The van der Waals surface area contributed by atoms with Crippen LogP contribution in [-0.2, 0) is 0 Å². The molecule has 1 aromatic rings. The molecule has 1 aliphatic carbocycles. The van der Waals surface area contributed by atoms with Crippen molar-refractivity contribution in [3.63, 3.8) is 0 Å². The van der Waals surface area contributed by atoms with Gasteiger partial charge in [-0.05, 0) is 31.6 Å². The molecule has 0 aliphatic heterocycles. The molecule has 2 rings (SSSR count). The smallest absolute Gasteiger partial charge is 0.200 e. The zero-order valence-electron chi connectivity index (χ0n) is 8.09. The predicted octanol–water partition coefficient (Wildman–Crippen LogP) is 2.40. The minimum absolute atomic E-state index is 0.627. The van der Waals surface area contributed by atoms with Crippen molar-refractivity contribution in [3.05, 3.63) is 12.4 Å². The largest absolute Gasteiger partial charge is 0.353 e. The van der Waals surface area contributed by atoms with Crippen molar-refractivity contribution in [2.75, 3.05) is 5.32 Å². The molecule has 0 aromatic carbocycles. The second-order valence-corrected chi connectivity index (χ2v) is 4.04. The van der Waals surface area contributed by atoms with Gasteiger partial charge in [-0.3, -0.25) is 0 Å². The van der Waals surface area contributed by atoms with Gasteiger partial charge in [-0.1, -0.05) is 6.92 Å². The summed E-state index contributed by atoms with van der Waals surface area (Å²) in [5, 5.41) is 3.41. The van der Waals surface area contributed by atoms with Crippen LogP contribution in [0.2, 0.25) is 0 Å². The molecule has 0 amide bonds. The number of hydrogen-bond donors (Lipinski definition) is 2. The molecule has 1 aromatic heterocycles. The number of aromatic amines is 1. The fourth-order valence-electron chi connectivity index (χ4n) is 1.94. The number of H-pyrrole nitrogens is 1. The van der Waals surface area contributed by atoms with E-state index >= 15 is 0 Å². The molecular formula is C10H17N3. The van der Waals surface area contributed by atoms with E-state index in [-0.39, 0.29) is 0 Å². The first kappa shape index (κ1) is 8.60. The third-order valence-electron chi connectivity index (χ3n) is 2.85. The Bertz CT molecular complexity index is 235. The summed E-state index contributed by atoms with van der Waals surface area (Å²) in [6.45, 7) is 2.34. The van der Waals surface area contributed by atoms with Crippen molar-refractivity contribution in [1.82, 2.24) is 9.97 Å². The van der Waals surface area contributed by atoms with Crippen molar-refractivity contribution in [3.8, 4) is 0 Å². The minimum atomic E-state index is 0.627. The molecular weight excluding hydrogens is 162 g/mol. The molecule has 3 heteroatoms.